The molecule has 0 bridgehead atoms. The van der Waals surface area contributed by atoms with Crippen LogP contribution >= 0.6 is 0 Å². The van der Waals surface area contributed by atoms with Gasteiger partial charge in [-0.05, 0) is 23.5 Å². The van der Waals surface area contributed by atoms with Crippen LogP contribution in [0.25, 0.3) is 0 Å². The lowest BCUT2D eigenvalue weighted by Crippen LogP contribution is -2.36. The third-order valence-corrected chi connectivity index (χ3v) is 3.33. The van der Waals surface area contributed by atoms with Crippen molar-refractivity contribution in [3.63, 3.8) is 0 Å². The van der Waals surface area contributed by atoms with Gasteiger partial charge in [-0.15, -0.1) is 0 Å². The fourth-order valence-electron chi connectivity index (χ4n) is 1.55. The molecule has 1 atom stereocenters. The van der Waals surface area contributed by atoms with Crippen molar-refractivity contribution >= 4 is 5.97 Å². The first-order valence-corrected chi connectivity index (χ1v) is 5.68. The van der Waals surface area contributed by atoms with Crippen LogP contribution in [0, 0.1) is 5.41 Å². The van der Waals surface area contributed by atoms with Crippen molar-refractivity contribution in [2.45, 2.75) is 39.7 Å². The van der Waals surface area contributed by atoms with Gasteiger partial charge in [-0.2, -0.15) is 0 Å². The van der Waals surface area contributed by atoms with Crippen LogP contribution in [0.2, 0.25) is 0 Å². The molecule has 0 spiro atoms. The van der Waals surface area contributed by atoms with Crippen LogP contribution in [0.5, 0.6) is 0 Å². The Labute approximate surface area is 102 Å². The number of rotatable bonds is 3. The van der Waals surface area contributed by atoms with E-state index < -0.39 is 11.6 Å². The molecular weight excluding hydrogens is 216 g/mol. The standard InChI is InChI=1S/C14H20O3/c1-13(2,3)14(4,17)11-7-5-10(6-8-11)9-12(15)16/h5-8,17H,9H2,1-4H3,(H,15,16). The Hall–Kier alpha value is -1.35. The smallest absolute Gasteiger partial charge is 0.307 e. The molecule has 1 rings (SSSR count). The number of hydrogen-bond donors (Lipinski definition) is 2. The van der Waals surface area contributed by atoms with Gasteiger partial charge in [-0.3, -0.25) is 4.79 Å². The Morgan fingerprint density at radius 1 is 1.12 bits per heavy atom. The van der Waals surface area contributed by atoms with Gasteiger partial charge < -0.3 is 10.2 Å². The summed E-state index contributed by atoms with van der Waals surface area (Å²) >= 11 is 0. The van der Waals surface area contributed by atoms with E-state index in [4.69, 9.17) is 5.11 Å². The molecule has 0 radical (unpaired) electrons. The maximum Gasteiger partial charge on any atom is 0.307 e. The van der Waals surface area contributed by atoms with Crippen LogP contribution in [0.3, 0.4) is 0 Å². The molecule has 0 aliphatic heterocycles. The minimum atomic E-state index is -0.936. The van der Waals surface area contributed by atoms with E-state index in [1.807, 2.05) is 20.8 Å². The molecule has 0 heterocycles. The maximum absolute atomic E-state index is 10.6. The summed E-state index contributed by atoms with van der Waals surface area (Å²) in [7, 11) is 0. The Morgan fingerprint density at radius 2 is 1.59 bits per heavy atom. The van der Waals surface area contributed by atoms with Crippen molar-refractivity contribution in [2.24, 2.45) is 5.41 Å². The summed E-state index contributed by atoms with van der Waals surface area (Å²) < 4.78 is 0. The third kappa shape index (κ3) is 3.07. The molecule has 0 aliphatic carbocycles. The minimum absolute atomic E-state index is 0.0118. The highest BCUT2D eigenvalue weighted by molar-refractivity contribution is 5.70. The highest BCUT2D eigenvalue weighted by Crippen LogP contribution is 2.38. The predicted octanol–water partition coefficient (Wildman–Crippen LogP) is 2.57. The lowest BCUT2D eigenvalue weighted by atomic mass is 9.73. The summed E-state index contributed by atoms with van der Waals surface area (Å²) in [5, 5.41) is 19.2. The zero-order valence-corrected chi connectivity index (χ0v) is 10.8. The van der Waals surface area contributed by atoms with Gasteiger partial charge in [0.2, 0.25) is 0 Å². The topological polar surface area (TPSA) is 57.5 Å². The summed E-state index contributed by atoms with van der Waals surface area (Å²) in [6.45, 7) is 7.69. The highest BCUT2D eigenvalue weighted by atomic mass is 16.4. The number of carbonyl (C=O) groups is 1. The first-order valence-electron chi connectivity index (χ1n) is 5.68. The fourth-order valence-corrected chi connectivity index (χ4v) is 1.55. The molecule has 0 aromatic heterocycles. The zero-order valence-electron chi connectivity index (χ0n) is 10.8. The van der Waals surface area contributed by atoms with Gasteiger partial charge in [0.1, 0.15) is 0 Å². The van der Waals surface area contributed by atoms with Crippen molar-refractivity contribution in [1.29, 1.82) is 0 Å². The van der Waals surface area contributed by atoms with Gasteiger partial charge in [0.15, 0.2) is 0 Å². The van der Waals surface area contributed by atoms with E-state index in [0.717, 1.165) is 11.1 Å². The van der Waals surface area contributed by atoms with Crippen molar-refractivity contribution in [1.82, 2.24) is 0 Å². The quantitative estimate of drug-likeness (QED) is 0.848. The molecule has 1 aromatic carbocycles. The minimum Gasteiger partial charge on any atom is -0.481 e. The second-order valence-electron chi connectivity index (χ2n) is 5.59. The first kappa shape index (κ1) is 13.7. The fraction of sp³-hybridized carbons (Fsp3) is 0.500. The summed E-state index contributed by atoms with van der Waals surface area (Å²) in [6.07, 6.45) is 0.0118. The highest BCUT2D eigenvalue weighted by Gasteiger charge is 2.36. The molecule has 0 fully saturated rings. The monoisotopic (exact) mass is 236 g/mol. The van der Waals surface area contributed by atoms with Gasteiger partial charge in [0.05, 0.1) is 12.0 Å². The van der Waals surface area contributed by atoms with Crippen LogP contribution in [-0.2, 0) is 16.8 Å². The molecule has 2 N–H and O–H groups in total. The molecule has 17 heavy (non-hydrogen) atoms. The molecule has 0 saturated heterocycles. The van der Waals surface area contributed by atoms with Crippen molar-refractivity contribution in [2.75, 3.05) is 0 Å². The molecule has 0 saturated carbocycles. The van der Waals surface area contributed by atoms with Gasteiger partial charge in [-0.1, -0.05) is 45.0 Å². The Kier molecular flexibility index (Phi) is 3.62. The molecule has 3 nitrogen and oxygen atoms in total. The molecule has 0 aliphatic rings. The molecule has 94 valence electrons. The number of carboxylic acid groups (broad SMARTS) is 1. The van der Waals surface area contributed by atoms with Crippen molar-refractivity contribution < 1.29 is 15.0 Å². The van der Waals surface area contributed by atoms with Gasteiger partial charge >= 0.3 is 5.97 Å². The SMILES string of the molecule is CC(C)(C)C(C)(O)c1ccc(CC(=O)O)cc1. The second kappa shape index (κ2) is 4.49. The molecule has 1 aromatic rings. The van der Waals surface area contributed by atoms with Crippen LogP contribution in [0.1, 0.15) is 38.8 Å². The van der Waals surface area contributed by atoms with E-state index in [1.54, 1.807) is 31.2 Å². The molecular formula is C14H20O3. The van der Waals surface area contributed by atoms with Crippen LogP contribution in [0.4, 0.5) is 0 Å². The first-order chi connectivity index (χ1) is 7.64. The van der Waals surface area contributed by atoms with E-state index in [1.165, 1.54) is 0 Å². The Bertz CT molecular complexity index is 396. The van der Waals surface area contributed by atoms with Crippen molar-refractivity contribution in [3.8, 4) is 0 Å². The third-order valence-electron chi connectivity index (χ3n) is 3.33. The van der Waals surface area contributed by atoms with Gasteiger partial charge in [0, 0.05) is 0 Å². The predicted molar refractivity (Wildman–Crippen MR) is 66.8 cm³/mol. The number of hydrogen-bond acceptors (Lipinski definition) is 2. The Balaban J connectivity index is 2.99. The van der Waals surface area contributed by atoms with E-state index in [9.17, 15) is 9.90 Å². The van der Waals surface area contributed by atoms with E-state index >= 15 is 0 Å². The van der Waals surface area contributed by atoms with Crippen LogP contribution in [-0.4, -0.2) is 16.2 Å². The molecule has 0 amide bonds. The van der Waals surface area contributed by atoms with E-state index in [0.29, 0.717) is 0 Å². The largest absolute Gasteiger partial charge is 0.481 e. The average molecular weight is 236 g/mol. The normalized spacial score (nSPS) is 15.4. The number of benzene rings is 1. The number of carboxylic acids is 1. The van der Waals surface area contributed by atoms with Gasteiger partial charge in [-0.25, -0.2) is 0 Å². The summed E-state index contributed by atoms with van der Waals surface area (Å²) in [6, 6.07) is 7.10. The average Bonchev–Trinajstić information content (AvgIpc) is 2.15. The lowest BCUT2D eigenvalue weighted by Gasteiger charge is -2.37. The summed E-state index contributed by atoms with van der Waals surface area (Å²) in [5.74, 6) is -0.847. The summed E-state index contributed by atoms with van der Waals surface area (Å²) in [5.41, 5.74) is 0.334. The van der Waals surface area contributed by atoms with Crippen LogP contribution in [0.15, 0.2) is 24.3 Å². The number of aliphatic carboxylic acids is 1. The van der Waals surface area contributed by atoms with E-state index in [2.05, 4.69) is 0 Å². The second-order valence-corrected chi connectivity index (χ2v) is 5.59. The van der Waals surface area contributed by atoms with Gasteiger partial charge in [0.25, 0.3) is 0 Å². The summed E-state index contributed by atoms with van der Waals surface area (Å²) in [4.78, 5) is 10.6. The zero-order chi connectivity index (χ0) is 13.3. The molecule has 3 heteroatoms. The van der Waals surface area contributed by atoms with Crippen LogP contribution < -0.4 is 0 Å². The molecule has 1 unspecified atom stereocenters. The Morgan fingerprint density at radius 3 is 1.94 bits per heavy atom. The van der Waals surface area contributed by atoms with Crippen molar-refractivity contribution in [3.05, 3.63) is 35.4 Å². The maximum atomic E-state index is 10.6. The number of aliphatic hydroxyl groups is 1. The van der Waals surface area contributed by atoms with E-state index in [-0.39, 0.29) is 11.8 Å². The lowest BCUT2D eigenvalue weighted by molar-refractivity contribution is -0.136.